The van der Waals surface area contributed by atoms with Crippen molar-refractivity contribution in [3.05, 3.63) is 34.3 Å². The van der Waals surface area contributed by atoms with E-state index < -0.39 is 0 Å². The summed E-state index contributed by atoms with van der Waals surface area (Å²) in [6.07, 6.45) is 0.588. The molecule has 1 aromatic rings. The smallest absolute Gasteiger partial charge is 0.0635 e. The van der Waals surface area contributed by atoms with Crippen LogP contribution < -0.4 is 0 Å². The van der Waals surface area contributed by atoms with Crippen LogP contribution in [0.2, 0.25) is 0 Å². The molecule has 14 heavy (non-hydrogen) atoms. The molecule has 0 fully saturated rings. The maximum atomic E-state index is 8.44. The zero-order chi connectivity index (χ0) is 10.4. The van der Waals surface area contributed by atoms with E-state index in [4.69, 9.17) is 5.26 Å². The SMILES string of the molecule is CN(CCC#N)Cc1cccc(Br)c1. The number of hydrogen-bond acceptors (Lipinski definition) is 2. The number of nitriles is 1. The van der Waals surface area contributed by atoms with Crippen molar-refractivity contribution in [3.63, 3.8) is 0 Å². The van der Waals surface area contributed by atoms with E-state index in [-0.39, 0.29) is 0 Å². The summed E-state index contributed by atoms with van der Waals surface area (Å²) < 4.78 is 1.10. The zero-order valence-electron chi connectivity index (χ0n) is 8.20. The van der Waals surface area contributed by atoms with Crippen LogP contribution in [0.1, 0.15) is 12.0 Å². The number of benzene rings is 1. The lowest BCUT2D eigenvalue weighted by atomic mass is 10.2. The van der Waals surface area contributed by atoms with Crippen LogP contribution in [0.4, 0.5) is 0 Å². The number of halogens is 1. The first-order chi connectivity index (χ1) is 6.72. The topological polar surface area (TPSA) is 27.0 Å². The maximum Gasteiger partial charge on any atom is 0.0635 e. The van der Waals surface area contributed by atoms with Gasteiger partial charge >= 0.3 is 0 Å². The molecular weight excluding hydrogens is 240 g/mol. The van der Waals surface area contributed by atoms with Gasteiger partial charge in [-0.25, -0.2) is 0 Å². The molecule has 0 radical (unpaired) electrons. The molecule has 1 rings (SSSR count). The summed E-state index contributed by atoms with van der Waals surface area (Å²) in [6.45, 7) is 1.71. The Kier molecular flexibility index (Phi) is 4.64. The second kappa shape index (κ2) is 5.79. The van der Waals surface area contributed by atoms with Gasteiger partial charge < -0.3 is 4.90 Å². The average molecular weight is 253 g/mol. The molecule has 0 atom stereocenters. The Labute approximate surface area is 93.3 Å². The Hall–Kier alpha value is -0.850. The molecule has 74 valence electrons. The monoisotopic (exact) mass is 252 g/mol. The minimum atomic E-state index is 0.588. The normalized spacial score (nSPS) is 10.1. The predicted octanol–water partition coefficient (Wildman–Crippen LogP) is 2.79. The van der Waals surface area contributed by atoms with Gasteiger partial charge in [-0.05, 0) is 24.7 Å². The van der Waals surface area contributed by atoms with Gasteiger partial charge in [-0.3, -0.25) is 0 Å². The molecule has 0 heterocycles. The Balaban J connectivity index is 2.48. The average Bonchev–Trinajstić information content (AvgIpc) is 2.15. The summed E-state index contributed by atoms with van der Waals surface area (Å²) >= 11 is 3.43. The standard InChI is InChI=1S/C11H13BrN2/c1-14(7-3-6-13)9-10-4-2-5-11(12)8-10/h2,4-5,8H,3,7,9H2,1H3. The Morgan fingerprint density at radius 1 is 1.50 bits per heavy atom. The summed E-state index contributed by atoms with van der Waals surface area (Å²) in [4.78, 5) is 2.14. The van der Waals surface area contributed by atoms with Gasteiger partial charge in [-0.15, -0.1) is 0 Å². The van der Waals surface area contributed by atoms with Gasteiger partial charge in [0, 0.05) is 24.0 Å². The summed E-state index contributed by atoms with van der Waals surface area (Å²) in [5.41, 5.74) is 1.26. The van der Waals surface area contributed by atoms with E-state index in [0.717, 1.165) is 17.6 Å². The molecule has 0 aliphatic rings. The minimum absolute atomic E-state index is 0.588. The number of rotatable bonds is 4. The fraction of sp³-hybridized carbons (Fsp3) is 0.364. The fourth-order valence-corrected chi connectivity index (χ4v) is 1.71. The quantitative estimate of drug-likeness (QED) is 0.824. The van der Waals surface area contributed by atoms with E-state index in [0.29, 0.717) is 6.42 Å². The molecule has 0 aliphatic carbocycles. The van der Waals surface area contributed by atoms with Gasteiger partial charge in [0.15, 0.2) is 0 Å². The third-order valence-electron chi connectivity index (χ3n) is 1.95. The highest BCUT2D eigenvalue weighted by atomic mass is 79.9. The largest absolute Gasteiger partial charge is 0.301 e. The summed E-state index contributed by atoms with van der Waals surface area (Å²) in [6, 6.07) is 10.4. The van der Waals surface area contributed by atoms with Crippen molar-refractivity contribution < 1.29 is 0 Å². The van der Waals surface area contributed by atoms with Gasteiger partial charge in [0.2, 0.25) is 0 Å². The van der Waals surface area contributed by atoms with Crippen molar-refractivity contribution in [1.82, 2.24) is 4.90 Å². The van der Waals surface area contributed by atoms with Crippen LogP contribution in [-0.4, -0.2) is 18.5 Å². The molecule has 0 bridgehead atoms. The lowest BCUT2D eigenvalue weighted by Gasteiger charge is -2.14. The Morgan fingerprint density at radius 3 is 2.93 bits per heavy atom. The van der Waals surface area contributed by atoms with Crippen molar-refractivity contribution in [1.29, 1.82) is 5.26 Å². The molecule has 1 aromatic carbocycles. The van der Waals surface area contributed by atoms with E-state index in [2.05, 4.69) is 39.0 Å². The highest BCUT2D eigenvalue weighted by Gasteiger charge is 1.99. The van der Waals surface area contributed by atoms with Crippen LogP contribution in [0, 0.1) is 11.3 Å². The number of hydrogen-bond donors (Lipinski definition) is 0. The van der Waals surface area contributed by atoms with Crippen LogP contribution in [0.25, 0.3) is 0 Å². The summed E-state index contributed by atoms with van der Waals surface area (Å²) in [7, 11) is 2.03. The predicted molar refractivity (Wildman–Crippen MR) is 60.7 cm³/mol. The van der Waals surface area contributed by atoms with Gasteiger partial charge in [0.05, 0.1) is 6.07 Å². The summed E-state index contributed by atoms with van der Waals surface area (Å²) in [5.74, 6) is 0. The van der Waals surface area contributed by atoms with E-state index in [1.807, 2.05) is 19.2 Å². The third kappa shape index (κ3) is 3.91. The minimum Gasteiger partial charge on any atom is -0.301 e. The number of nitrogens with zero attached hydrogens (tertiary/aromatic N) is 2. The Bertz CT molecular complexity index is 330. The Morgan fingerprint density at radius 2 is 2.29 bits per heavy atom. The molecule has 0 aromatic heterocycles. The highest BCUT2D eigenvalue weighted by molar-refractivity contribution is 9.10. The molecule has 0 saturated carbocycles. The first-order valence-corrected chi connectivity index (χ1v) is 5.31. The first-order valence-electron chi connectivity index (χ1n) is 4.52. The van der Waals surface area contributed by atoms with E-state index in [9.17, 15) is 0 Å². The van der Waals surface area contributed by atoms with Crippen molar-refractivity contribution in [3.8, 4) is 6.07 Å². The van der Waals surface area contributed by atoms with Crippen LogP contribution in [0.3, 0.4) is 0 Å². The van der Waals surface area contributed by atoms with E-state index >= 15 is 0 Å². The van der Waals surface area contributed by atoms with Crippen molar-refractivity contribution >= 4 is 15.9 Å². The molecule has 2 nitrogen and oxygen atoms in total. The zero-order valence-corrected chi connectivity index (χ0v) is 9.79. The van der Waals surface area contributed by atoms with E-state index in [1.165, 1.54) is 5.56 Å². The second-order valence-electron chi connectivity index (χ2n) is 3.28. The van der Waals surface area contributed by atoms with Gasteiger partial charge in [0.1, 0.15) is 0 Å². The molecule has 0 N–H and O–H groups in total. The van der Waals surface area contributed by atoms with Crippen molar-refractivity contribution in [2.45, 2.75) is 13.0 Å². The molecule has 0 amide bonds. The van der Waals surface area contributed by atoms with Gasteiger partial charge in [-0.1, -0.05) is 28.1 Å². The molecule has 0 aliphatic heterocycles. The molecule has 0 spiro atoms. The van der Waals surface area contributed by atoms with Crippen LogP contribution in [0.5, 0.6) is 0 Å². The van der Waals surface area contributed by atoms with Crippen molar-refractivity contribution in [2.75, 3.05) is 13.6 Å². The van der Waals surface area contributed by atoms with Gasteiger partial charge in [-0.2, -0.15) is 5.26 Å². The molecule has 3 heteroatoms. The molecule has 0 unspecified atom stereocenters. The lowest BCUT2D eigenvalue weighted by molar-refractivity contribution is 0.335. The highest BCUT2D eigenvalue weighted by Crippen LogP contribution is 2.12. The lowest BCUT2D eigenvalue weighted by Crippen LogP contribution is -2.18. The van der Waals surface area contributed by atoms with Crippen LogP contribution >= 0.6 is 15.9 Å². The van der Waals surface area contributed by atoms with Crippen molar-refractivity contribution in [2.24, 2.45) is 0 Å². The second-order valence-corrected chi connectivity index (χ2v) is 4.19. The molecular formula is C11H13BrN2. The van der Waals surface area contributed by atoms with E-state index in [1.54, 1.807) is 0 Å². The van der Waals surface area contributed by atoms with Crippen LogP contribution in [-0.2, 0) is 6.54 Å². The summed E-state index contributed by atoms with van der Waals surface area (Å²) in [5, 5.41) is 8.44. The van der Waals surface area contributed by atoms with Crippen LogP contribution in [0.15, 0.2) is 28.7 Å². The third-order valence-corrected chi connectivity index (χ3v) is 2.44. The van der Waals surface area contributed by atoms with Gasteiger partial charge in [0.25, 0.3) is 0 Å². The molecule has 0 saturated heterocycles. The maximum absolute atomic E-state index is 8.44. The first kappa shape index (κ1) is 11.2. The fourth-order valence-electron chi connectivity index (χ4n) is 1.27.